The van der Waals surface area contributed by atoms with Crippen molar-refractivity contribution in [1.29, 1.82) is 0 Å². The number of halogens is 1. The first kappa shape index (κ1) is 27.7. The number of para-hydroxylation sites is 1. The summed E-state index contributed by atoms with van der Waals surface area (Å²) in [4.78, 5) is 37.4. The summed E-state index contributed by atoms with van der Waals surface area (Å²) < 4.78 is 49.6. The number of aromatic amines is 1. The molecular formula is C21H28FN4O9P. The Hall–Kier alpha value is -2.87. The first-order chi connectivity index (χ1) is 16.9. The summed E-state index contributed by atoms with van der Waals surface area (Å²) in [5, 5.41) is 13.0. The maximum absolute atomic E-state index is 13.7. The van der Waals surface area contributed by atoms with Crippen LogP contribution in [0.4, 0.5) is 4.39 Å². The van der Waals surface area contributed by atoms with Gasteiger partial charge in [-0.3, -0.25) is 23.7 Å². The van der Waals surface area contributed by atoms with E-state index >= 15 is 0 Å². The van der Waals surface area contributed by atoms with Crippen LogP contribution < -0.4 is 26.6 Å². The molecule has 3 rings (SSSR count). The molecule has 0 saturated carbocycles. The van der Waals surface area contributed by atoms with E-state index in [4.69, 9.17) is 24.3 Å². The fourth-order valence-electron chi connectivity index (χ4n) is 3.31. The van der Waals surface area contributed by atoms with Crippen molar-refractivity contribution in [3.05, 3.63) is 63.2 Å². The van der Waals surface area contributed by atoms with Crippen molar-refractivity contribution in [2.75, 3.05) is 6.61 Å². The quantitative estimate of drug-likeness (QED) is 0.246. The summed E-state index contributed by atoms with van der Waals surface area (Å²) in [6.07, 6.45) is -3.85. The summed E-state index contributed by atoms with van der Waals surface area (Å²) >= 11 is 0. The zero-order chi connectivity index (χ0) is 26.6. The molecule has 36 heavy (non-hydrogen) atoms. The van der Waals surface area contributed by atoms with E-state index < -0.39 is 74.0 Å². The zero-order valence-corrected chi connectivity index (χ0v) is 20.6. The van der Waals surface area contributed by atoms with Crippen molar-refractivity contribution in [1.82, 2.24) is 14.6 Å². The number of benzene rings is 1. The molecule has 1 aliphatic heterocycles. The van der Waals surface area contributed by atoms with Crippen LogP contribution in [0.1, 0.15) is 27.0 Å². The van der Waals surface area contributed by atoms with Gasteiger partial charge in [0.25, 0.3) is 5.56 Å². The fraction of sp³-hybridized carbons (Fsp3) is 0.476. The van der Waals surface area contributed by atoms with E-state index in [-0.39, 0.29) is 5.75 Å². The van der Waals surface area contributed by atoms with E-state index in [1.807, 2.05) is 0 Å². The molecule has 198 valence electrons. The number of aliphatic hydroxyl groups excluding tert-OH is 1. The minimum atomic E-state index is -4.27. The van der Waals surface area contributed by atoms with E-state index in [9.17, 15) is 28.4 Å². The Bertz CT molecular complexity index is 1220. The van der Waals surface area contributed by atoms with E-state index in [1.165, 1.54) is 19.1 Å². The van der Waals surface area contributed by atoms with Gasteiger partial charge in [-0.2, -0.15) is 9.48 Å². The van der Waals surface area contributed by atoms with Gasteiger partial charge in [0.2, 0.25) is 5.82 Å². The van der Waals surface area contributed by atoms with Gasteiger partial charge in [-0.25, -0.2) is 9.36 Å². The lowest BCUT2D eigenvalue weighted by molar-refractivity contribution is -0.149. The van der Waals surface area contributed by atoms with Crippen molar-refractivity contribution in [3.8, 4) is 5.75 Å². The molecule has 0 spiro atoms. The Morgan fingerprint density at radius 2 is 1.97 bits per heavy atom. The summed E-state index contributed by atoms with van der Waals surface area (Å²) in [5.74, 6) is -1.80. The first-order valence-electron chi connectivity index (χ1n) is 11.0. The monoisotopic (exact) mass is 530 g/mol. The molecular weight excluding hydrogens is 502 g/mol. The lowest BCUT2D eigenvalue weighted by Crippen LogP contribution is -2.43. The van der Waals surface area contributed by atoms with E-state index in [2.05, 4.69) is 5.09 Å². The van der Waals surface area contributed by atoms with Crippen LogP contribution >= 0.6 is 7.75 Å². The highest BCUT2D eigenvalue weighted by Gasteiger charge is 2.45. The summed E-state index contributed by atoms with van der Waals surface area (Å²) in [6, 6.07) is 5.66. The first-order valence-corrected chi connectivity index (χ1v) is 12.5. The number of carbonyl (C=O) groups excluding carboxylic acids is 1. The number of nitrogens with two attached hydrogens (primary N) is 1. The molecule has 0 aliphatic carbocycles. The number of aliphatic hydroxyl groups is 1. The third kappa shape index (κ3) is 6.66. The number of carbonyl (C=O) groups is 1. The second-order valence-corrected chi connectivity index (χ2v) is 10.0. The summed E-state index contributed by atoms with van der Waals surface area (Å²) in [7, 11) is -4.27. The molecule has 1 fully saturated rings. The molecule has 13 nitrogen and oxygen atoms in total. The Balaban J connectivity index is 1.77. The van der Waals surface area contributed by atoms with Crippen molar-refractivity contribution in [2.24, 2.45) is 5.73 Å². The molecule has 5 N–H and O–H groups in total. The zero-order valence-electron chi connectivity index (χ0n) is 19.7. The van der Waals surface area contributed by atoms with Gasteiger partial charge in [-0.15, -0.1) is 0 Å². The Morgan fingerprint density at radius 1 is 1.31 bits per heavy atom. The maximum Gasteiger partial charge on any atom is 0.459 e. The third-order valence-electron chi connectivity index (χ3n) is 5.05. The maximum atomic E-state index is 13.7. The Labute approximate surface area is 204 Å². The van der Waals surface area contributed by atoms with Crippen molar-refractivity contribution in [2.45, 2.75) is 57.4 Å². The highest BCUT2D eigenvalue weighted by Crippen LogP contribution is 2.45. The van der Waals surface area contributed by atoms with Crippen LogP contribution in [0, 0.1) is 5.82 Å². The lowest BCUT2D eigenvalue weighted by atomic mass is 10.1. The number of aromatic nitrogens is 2. The summed E-state index contributed by atoms with van der Waals surface area (Å²) in [5.41, 5.74) is 3.72. The molecule has 1 aliphatic rings. The number of nitrogens with one attached hydrogen (secondary N) is 2. The van der Waals surface area contributed by atoms with Gasteiger partial charge in [0, 0.05) is 0 Å². The number of hydrogen-bond acceptors (Lipinski definition) is 10. The standard InChI is InChI=1S/C21H28FN4O9P/c1-11(2)33-20(29)12(3)25-36(31,35-13-7-5-4-6-8-13)32-10-15-17(27)16(23)19(34-15)26-9-14(22)18(28)24-21(26)30/h4-9,11-12,15-17,19,27H,10,23H2,1-3H3,(H,25,31)(H,24,28,30)/t12-,15+,16+,17+,19+,36-/m0/s1. The number of ether oxygens (including phenoxy) is 2. The molecule has 1 aromatic carbocycles. The topological polar surface area (TPSA) is 184 Å². The smallest absolute Gasteiger partial charge is 0.459 e. The SMILES string of the molecule is CC(C)OC(=O)[C@H](C)N[P@](=O)(OC[C@H]1O[C@@H](n2cc(F)c(=O)[nH]c2=O)[C@H](N)[C@@H]1O)Oc1ccccc1. The molecule has 15 heteroatoms. The van der Waals surface area contributed by atoms with E-state index in [1.54, 1.807) is 37.0 Å². The third-order valence-corrected chi connectivity index (χ3v) is 6.70. The molecule has 2 aromatic rings. The van der Waals surface area contributed by atoms with E-state index in [0.29, 0.717) is 10.8 Å². The molecule has 6 atom stereocenters. The van der Waals surface area contributed by atoms with Crippen LogP contribution in [0.5, 0.6) is 5.75 Å². The lowest BCUT2D eigenvalue weighted by Gasteiger charge is -2.25. The number of nitrogens with zero attached hydrogens (tertiary/aromatic N) is 1. The van der Waals surface area contributed by atoms with Gasteiger partial charge >= 0.3 is 19.4 Å². The molecule has 0 amide bonds. The predicted octanol–water partition coefficient (Wildman–Crippen LogP) is 0.395. The van der Waals surface area contributed by atoms with E-state index in [0.717, 1.165) is 0 Å². The van der Waals surface area contributed by atoms with Crippen LogP contribution in [-0.2, 0) is 23.4 Å². The molecule has 1 saturated heterocycles. The molecule has 1 aromatic heterocycles. The Kier molecular flexibility index (Phi) is 8.82. The van der Waals surface area contributed by atoms with Gasteiger partial charge in [0.15, 0.2) is 6.23 Å². The van der Waals surface area contributed by atoms with Gasteiger partial charge in [0.05, 0.1) is 24.9 Å². The largest absolute Gasteiger partial charge is 0.462 e. The molecule has 0 bridgehead atoms. The van der Waals surface area contributed by atoms with Crippen LogP contribution in [-0.4, -0.2) is 57.6 Å². The second kappa shape index (κ2) is 11.5. The van der Waals surface area contributed by atoms with Crippen molar-refractivity contribution >= 4 is 13.7 Å². The average Bonchev–Trinajstić information content (AvgIpc) is 3.08. The second-order valence-electron chi connectivity index (χ2n) is 8.31. The van der Waals surface area contributed by atoms with Crippen LogP contribution in [0.3, 0.4) is 0 Å². The van der Waals surface area contributed by atoms with Crippen LogP contribution in [0.2, 0.25) is 0 Å². The highest BCUT2D eigenvalue weighted by molar-refractivity contribution is 7.52. The van der Waals surface area contributed by atoms with Crippen LogP contribution in [0.25, 0.3) is 0 Å². The average molecular weight is 530 g/mol. The van der Waals surface area contributed by atoms with Gasteiger partial charge in [-0.05, 0) is 32.9 Å². The van der Waals surface area contributed by atoms with Gasteiger partial charge in [-0.1, -0.05) is 18.2 Å². The number of H-pyrrole nitrogens is 1. The fourth-order valence-corrected chi connectivity index (χ4v) is 4.81. The number of hydrogen-bond donors (Lipinski definition) is 4. The van der Waals surface area contributed by atoms with Gasteiger partial charge < -0.3 is 24.8 Å². The molecule has 0 unspecified atom stereocenters. The predicted molar refractivity (Wildman–Crippen MR) is 124 cm³/mol. The number of rotatable bonds is 10. The summed E-state index contributed by atoms with van der Waals surface area (Å²) in [6.45, 7) is 4.15. The Morgan fingerprint density at radius 3 is 2.61 bits per heavy atom. The minimum Gasteiger partial charge on any atom is -0.462 e. The highest BCUT2D eigenvalue weighted by atomic mass is 31.2. The molecule has 2 heterocycles. The van der Waals surface area contributed by atoms with Crippen LogP contribution in [0.15, 0.2) is 46.1 Å². The number of esters is 1. The van der Waals surface area contributed by atoms with Gasteiger partial charge in [0.1, 0.15) is 24.0 Å². The van der Waals surface area contributed by atoms with Crippen molar-refractivity contribution < 1.29 is 37.4 Å². The van der Waals surface area contributed by atoms with Crippen molar-refractivity contribution in [3.63, 3.8) is 0 Å². The normalized spacial score (nSPS) is 24.3. The minimum absolute atomic E-state index is 0.162. The molecule has 0 radical (unpaired) electrons.